The molecular weight excluding hydrogens is 262 g/mol. The van der Waals surface area contributed by atoms with E-state index in [9.17, 15) is 4.79 Å². The van der Waals surface area contributed by atoms with Crippen molar-refractivity contribution in [2.24, 2.45) is 5.73 Å². The predicted octanol–water partition coefficient (Wildman–Crippen LogP) is 2.72. The van der Waals surface area contributed by atoms with Crippen molar-refractivity contribution in [1.82, 2.24) is 0 Å². The Bertz CT molecular complexity index is 741. The van der Waals surface area contributed by atoms with Gasteiger partial charge in [-0.3, -0.25) is 4.79 Å². The maximum absolute atomic E-state index is 11.7. The molecule has 0 aliphatic carbocycles. The van der Waals surface area contributed by atoms with Gasteiger partial charge in [0.1, 0.15) is 6.04 Å². The smallest absolute Gasteiger partial charge is 0.245 e. The number of para-hydroxylation sites is 1. The minimum atomic E-state index is -0.544. The molecule has 4 rings (SSSR count). The van der Waals surface area contributed by atoms with Crippen LogP contribution in [0.5, 0.6) is 0 Å². The van der Waals surface area contributed by atoms with E-state index >= 15 is 0 Å². The Balaban J connectivity index is 1.79. The van der Waals surface area contributed by atoms with Crippen molar-refractivity contribution in [3.05, 3.63) is 53.6 Å². The van der Waals surface area contributed by atoms with Crippen LogP contribution in [0.15, 0.2) is 42.5 Å². The highest BCUT2D eigenvalue weighted by atomic mass is 16.2. The summed E-state index contributed by atoms with van der Waals surface area (Å²) in [4.78, 5) is 14.0. The monoisotopic (exact) mass is 279 g/mol. The fraction of sp³-hybridized carbons (Fsp3) is 0.235. The van der Waals surface area contributed by atoms with Gasteiger partial charge in [0.25, 0.3) is 0 Å². The zero-order valence-electron chi connectivity index (χ0n) is 11.8. The van der Waals surface area contributed by atoms with E-state index in [4.69, 9.17) is 5.73 Å². The number of carbonyl (C=O) groups is 1. The summed E-state index contributed by atoms with van der Waals surface area (Å²) in [6.45, 7) is 2.22. The van der Waals surface area contributed by atoms with Gasteiger partial charge < -0.3 is 16.0 Å². The summed E-state index contributed by atoms with van der Waals surface area (Å²) >= 11 is 0. The Morgan fingerprint density at radius 2 is 2.05 bits per heavy atom. The summed E-state index contributed by atoms with van der Waals surface area (Å²) in [5, 5.41) is 2.86. The standard InChI is InChI=1S/C17H17N3O/c1-10-8-11-4-2-3-5-15(11)20(10)12-6-7-13-14(9-12)19-17(21)16(13)18/h2-7,9-10,16H,8,18H2,1H3,(H,19,21). The first-order valence-electron chi connectivity index (χ1n) is 7.22. The molecule has 3 N–H and O–H groups in total. The van der Waals surface area contributed by atoms with Crippen LogP contribution in [0, 0.1) is 0 Å². The molecule has 2 heterocycles. The average molecular weight is 279 g/mol. The lowest BCUT2D eigenvalue weighted by Crippen LogP contribution is -2.23. The molecule has 2 unspecified atom stereocenters. The first-order chi connectivity index (χ1) is 10.1. The number of anilines is 3. The van der Waals surface area contributed by atoms with Crippen LogP contribution in [0.4, 0.5) is 17.1 Å². The summed E-state index contributed by atoms with van der Waals surface area (Å²) in [6.07, 6.45) is 1.04. The van der Waals surface area contributed by atoms with Gasteiger partial charge in [-0.1, -0.05) is 24.3 Å². The van der Waals surface area contributed by atoms with Gasteiger partial charge in [0, 0.05) is 28.7 Å². The third kappa shape index (κ3) is 1.76. The first-order valence-corrected chi connectivity index (χ1v) is 7.22. The maximum Gasteiger partial charge on any atom is 0.245 e. The Morgan fingerprint density at radius 3 is 2.90 bits per heavy atom. The van der Waals surface area contributed by atoms with E-state index in [2.05, 4.69) is 47.5 Å². The van der Waals surface area contributed by atoms with Gasteiger partial charge in [-0.2, -0.15) is 0 Å². The van der Waals surface area contributed by atoms with E-state index in [1.54, 1.807) is 0 Å². The molecule has 2 aromatic carbocycles. The van der Waals surface area contributed by atoms with E-state index in [0.29, 0.717) is 6.04 Å². The van der Waals surface area contributed by atoms with Crippen LogP contribution in [0.25, 0.3) is 0 Å². The second kappa shape index (κ2) is 4.33. The highest BCUT2D eigenvalue weighted by Crippen LogP contribution is 2.41. The van der Waals surface area contributed by atoms with E-state index in [1.807, 2.05) is 12.1 Å². The fourth-order valence-corrected chi connectivity index (χ4v) is 3.38. The lowest BCUT2D eigenvalue weighted by Gasteiger charge is -2.25. The quantitative estimate of drug-likeness (QED) is 0.844. The van der Waals surface area contributed by atoms with Gasteiger partial charge in [-0.15, -0.1) is 0 Å². The Morgan fingerprint density at radius 1 is 1.24 bits per heavy atom. The molecule has 0 fully saturated rings. The van der Waals surface area contributed by atoms with Crippen LogP contribution in [-0.4, -0.2) is 11.9 Å². The number of fused-ring (bicyclic) bond motifs is 2. The summed E-state index contributed by atoms with van der Waals surface area (Å²) in [7, 11) is 0. The minimum absolute atomic E-state index is 0.128. The van der Waals surface area contributed by atoms with Crippen LogP contribution in [-0.2, 0) is 11.2 Å². The molecule has 0 radical (unpaired) electrons. The summed E-state index contributed by atoms with van der Waals surface area (Å²) in [5.41, 5.74) is 11.3. The molecule has 4 heteroatoms. The van der Waals surface area contributed by atoms with Crippen molar-refractivity contribution in [3.63, 3.8) is 0 Å². The Hall–Kier alpha value is -2.33. The van der Waals surface area contributed by atoms with Crippen molar-refractivity contribution in [2.75, 3.05) is 10.2 Å². The molecule has 106 valence electrons. The van der Waals surface area contributed by atoms with Crippen molar-refractivity contribution in [3.8, 4) is 0 Å². The van der Waals surface area contributed by atoms with Gasteiger partial charge in [-0.05, 0) is 37.1 Å². The lowest BCUT2D eigenvalue weighted by atomic mass is 10.1. The van der Waals surface area contributed by atoms with E-state index < -0.39 is 6.04 Å². The molecule has 2 aliphatic heterocycles. The molecule has 2 atom stereocenters. The topological polar surface area (TPSA) is 58.4 Å². The highest BCUT2D eigenvalue weighted by molar-refractivity contribution is 6.03. The number of amides is 1. The molecule has 4 nitrogen and oxygen atoms in total. The molecule has 2 aromatic rings. The van der Waals surface area contributed by atoms with Crippen LogP contribution < -0.4 is 16.0 Å². The lowest BCUT2D eigenvalue weighted by molar-refractivity contribution is -0.116. The number of rotatable bonds is 1. The van der Waals surface area contributed by atoms with Crippen molar-refractivity contribution >= 4 is 23.0 Å². The number of hydrogen-bond acceptors (Lipinski definition) is 3. The van der Waals surface area contributed by atoms with Gasteiger partial charge in [0.05, 0.1) is 0 Å². The average Bonchev–Trinajstić information content (AvgIpc) is 2.95. The van der Waals surface area contributed by atoms with Crippen LogP contribution >= 0.6 is 0 Å². The third-order valence-corrected chi connectivity index (χ3v) is 4.40. The number of carbonyl (C=O) groups excluding carboxylic acids is 1. The zero-order chi connectivity index (χ0) is 14.6. The summed E-state index contributed by atoms with van der Waals surface area (Å²) in [5.74, 6) is -0.128. The van der Waals surface area contributed by atoms with Gasteiger partial charge in [-0.25, -0.2) is 0 Å². The van der Waals surface area contributed by atoms with Gasteiger partial charge in [0.15, 0.2) is 0 Å². The minimum Gasteiger partial charge on any atom is -0.338 e. The first kappa shape index (κ1) is 12.4. The predicted molar refractivity (Wildman–Crippen MR) is 83.7 cm³/mol. The van der Waals surface area contributed by atoms with Gasteiger partial charge in [0.2, 0.25) is 5.91 Å². The zero-order valence-corrected chi connectivity index (χ0v) is 11.8. The molecule has 0 saturated carbocycles. The van der Waals surface area contributed by atoms with E-state index in [1.165, 1.54) is 11.3 Å². The SMILES string of the molecule is CC1Cc2ccccc2N1c1ccc2c(c1)NC(=O)C2N. The molecule has 1 amide bonds. The van der Waals surface area contributed by atoms with Crippen LogP contribution in [0.1, 0.15) is 24.1 Å². The molecular formula is C17H17N3O. The Kier molecular flexibility index (Phi) is 2.56. The second-order valence-electron chi connectivity index (χ2n) is 5.79. The Labute approximate surface area is 123 Å². The van der Waals surface area contributed by atoms with Gasteiger partial charge >= 0.3 is 0 Å². The normalized spacial score (nSPS) is 23.0. The molecule has 0 saturated heterocycles. The number of hydrogen-bond donors (Lipinski definition) is 2. The van der Waals surface area contributed by atoms with Crippen molar-refractivity contribution in [1.29, 1.82) is 0 Å². The molecule has 0 aromatic heterocycles. The molecule has 0 spiro atoms. The second-order valence-corrected chi connectivity index (χ2v) is 5.79. The van der Waals surface area contributed by atoms with Crippen molar-refractivity contribution < 1.29 is 4.79 Å². The number of benzene rings is 2. The number of nitrogens with one attached hydrogen (secondary N) is 1. The van der Waals surface area contributed by atoms with E-state index in [-0.39, 0.29) is 5.91 Å². The summed E-state index contributed by atoms with van der Waals surface area (Å²) < 4.78 is 0. The summed E-state index contributed by atoms with van der Waals surface area (Å²) in [6, 6.07) is 14.4. The van der Waals surface area contributed by atoms with Crippen LogP contribution in [0.2, 0.25) is 0 Å². The maximum atomic E-state index is 11.7. The molecule has 0 bridgehead atoms. The molecule has 2 aliphatic rings. The largest absolute Gasteiger partial charge is 0.338 e. The number of nitrogens with zero attached hydrogens (tertiary/aromatic N) is 1. The highest BCUT2D eigenvalue weighted by Gasteiger charge is 2.30. The molecule has 21 heavy (non-hydrogen) atoms. The van der Waals surface area contributed by atoms with Crippen molar-refractivity contribution in [2.45, 2.75) is 25.4 Å². The third-order valence-electron chi connectivity index (χ3n) is 4.40. The van der Waals surface area contributed by atoms with Crippen LogP contribution in [0.3, 0.4) is 0 Å². The van der Waals surface area contributed by atoms with E-state index in [0.717, 1.165) is 23.4 Å². The number of nitrogens with two attached hydrogens (primary N) is 1. The fourth-order valence-electron chi connectivity index (χ4n) is 3.38.